The summed E-state index contributed by atoms with van der Waals surface area (Å²) in [6.45, 7) is 4.46. The second-order valence-electron chi connectivity index (χ2n) is 4.89. The van der Waals surface area contributed by atoms with Crippen molar-refractivity contribution in [3.63, 3.8) is 0 Å². The van der Waals surface area contributed by atoms with Crippen molar-refractivity contribution in [2.45, 2.75) is 25.9 Å². The van der Waals surface area contributed by atoms with Crippen LogP contribution in [-0.4, -0.2) is 43.7 Å². The fourth-order valence-corrected chi connectivity index (χ4v) is 2.29. The first-order valence-electron chi connectivity index (χ1n) is 6.81. The van der Waals surface area contributed by atoms with Gasteiger partial charge in [0.1, 0.15) is 11.9 Å². The molecular weight excluding hydrogens is 278 g/mol. The molecule has 0 bridgehead atoms. The molecule has 1 aliphatic rings. The lowest BCUT2D eigenvalue weighted by Crippen LogP contribution is -3.00. The summed E-state index contributed by atoms with van der Waals surface area (Å²) in [4.78, 5) is 14.2. The van der Waals surface area contributed by atoms with Crippen molar-refractivity contribution >= 4 is 5.97 Å². The van der Waals surface area contributed by atoms with Crippen LogP contribution >= 0.6 is 0 Å². The third-order valence-electron chi connectivity index (χ3n) is 3.26. The monoisotopic (exact) mass is 298 g/mol. The van der Waals surface area contributed by atoms with Gasteiger partial charge >= 0.3 is 5.97 Å². The van der Waals surface area contributed by atoms with Gasteiger partial charge in [0.15, 0.2) is 0 Å². The summed E-state index contributed by atoms with van der Waals surface area (Å²) >= 11 is 0. The minimum absolute atomic E-state index is 0. The maximum Gasteiger partial charge on any atom is 0.338 e. The summed E-state index contributed by atoms with van der Waals surface area (Å²) in [5.41, 5.74) is 0.580. The number of esters is 1. The highest BCUT2D eigenvalue weighted by molar-refractivity contribution is 5.89. The number of hydrogen-bond donors (Lipinski definition) is 0. The molecule has 0 spiro atoms. The molecule has 0 aromatic heterocycles. The summed E-state index contributed by atoms with van der Waals surface area (Å²) in [5, 5.41) is 0. The van der Waals surface area contributed by atoms with E-state index < -0.39 is 0 Å². The van der Waals surface area contributed by atoms with Crippen LogP contribution in [0.2, 0.25) is 0 Å². The van der Waals surface area contributed by atoms with Crippen LogP contribution in [0.3, 0.4) is 0 Å². The molecule has 4 nitrogen and oxygen atoms in total. The first kappa shape index (κ1) is 16.8. The van der Waals surface area contributed by atoms with Gasteiger partial charge in [0.05, 0.1) is 12.2 Å². The second-order valence-corrected chi connectivity index (χ2v) is 4.89. The van der Waals surface area contributed by atoms with Crippen LogP contribution in [0, 0.1) is 0 Å². The second kappa shape index (κ2) is 8.12. The first-order valence-corrected chi connectivity index (χ1v) is 6.81. The normalized spacial score (nSPS) is 19.0. The Kier molecular flexibility index (Phi) is 6.82. The maximum absolute atomic E-state index is 12.0. The van der Waals surface area contributed by atoms with Crippen molar-refractivity contribution in [2.24, 2.45) is 0 Å². The van der Waals surface area contributed by atoms with E-state index in [2.05, 4.69) is 11.9 Å². The number of halogens is 1. The molecule has 0 saturated carbocycles. The quantitative estimate of drug-likeness (QED) is 0.692. The largest absolute Gasteiger partial charge is 1.00 e. The standard InChI is InChI=1S/C15H21NO3.ClH/c1-3-18-13-8-6-12(7-9-13)15(17)19-14-5-4-10-16(2)11-14;/h6-9,14H,3-5,10-11H2,1-2H3;1H/p-1. The zero-order valence-corrected chi connectivity index (χ0v) is 12.7. The van der Waals surface area contributed by atoms with Crippen LogP contribution in [0.15, 0.2) is 24.3 Å². The average Bonchev–Trinajstić information content (AvgIpc) is 2.40. The van der Waals surface area contributed by atoms with E-state index in [1.54, 1.807) is 24.3 Å². The summed E-state index contributed by atoms with van der Waals surface area (Å²) in [6.07, 6.45) is 2.04. The summed E-state index contributed by atoms with van der Waals surface area (Å²) in [5.74, 6) is 0.528. The van der Waals surface area contributed by atoms with Crippen LogP contribution in [0.1, 0.15) is 30.1 Å². The van der Waals surface area contributed by atoms with Crippen LogP contribution in [0.25, 0.3) is 0 Å². The van der Waals surface area contributed by atoms with Gasteiger partial charge in [-0.2, -0.15) is 0 Å². The number of likely N-dealkylation sites (N-methyl/N-ethyl adjacent to an activating group) is 1. The van der Waals surface area contributed by atoms with E-state index in [4.69, 9.17) is 9.47 Å². The summed E-state index contributed by atoms with van der Waals surface area (Å²) in [6, 6.07) is 7.10. The van der Waals surface area contributed by atoms with Crippen molar-refractivity contribution in [1.29, 1.82) is 0 Å². The number of ether oxygens (including phenoxy) is 2. The molecule has 5 heteroatoms. The van der Waals surface area contributed by atoms with Gasteiger partial charge in [-0.1, -0.05) is 0 Å². The van der Waals surface area contributed by atoms with Gasteiger partial charge in [0.2, 0.25) is 0 Å². The Morgan fingerprint density at radius 1 is 1.35 bits per heavy atom. The average molecular weight is 299 g/mol. The van der Waals surface area contributed by atoms with Gasteiger partial charge in [-0.25, -0.2) is 4.79 Å². The van der Waals surface area contributed by atoms with Crippen molar-refractivity contribution < 1.29 is 26.7 Å². The fraction of sp³-hybridized carbons (Fsp3) is 0.533. The molecule has 2 rings (SSSR count). The van der Waals surface area contributed by atoms with E-state index in [0.717, 1.165) is 31.7 Å². The van der Waals surface area contributed by atoms with E-state index in [0.29, 0.717) is 12.2 Å². The molecule has 0 aliphatic carbocycles. The fourth-order valence-electron chi connectivity index (χ4n) is 2.29. The molecule has 1 heterocycles. The zero-order valence-electron chi connectivity index (χ0n) is 12.0. The highest BCUT2D eigenvalue weighted by Crippen LogP contribution is 2.16. The van der Waals surface area contributed by atoms with Crippen molar-refractivity contribution in [1.82, 2.24) is 4.90 Å². The molecule has 1 saturated heterocycles. The van der Waals surface area contributed by atoms with Crippen LogP contribution in [-0.2, 0) is 4.74 Å². The Bertz CT molecular complexity index is 422. The highest BCUT2D eigenvalue weighted by Gasteiger charge is 2.21. The van der Waals surface area contributed by atoms with E-state index in [1.165, 1.54) is 0 Å². The number of likely N-dealkylation sites (tertiary alicyclic amines) is 1. The van der Waals surface area contributed by atoms with E-state index in [1.807, 2.05) is 6.92 Å². The molecule has 1 aromatic rings. The molecule has 1 atom stereocenters. The van der Waals surface area contributed by atoms with Crippen molar-refractivity contribution in [2.75, 3.05) is 26.7 Å². The molecule has 1 unspecified atom stereocenters. The highest BCUT2D eigenvalue weighted by atomic mass is 35.5. The van der Waals surface area contributed by atoms with Crippen LogP contribution < -0.4 is 17.1 Å². The van der Waals surface area contributed by atoms with Gasteiger partial charge < -0.3 is 26.8 Å². The maximum atomic E-state index is 12.0. The first-order chi connectivity index (χ1) is 9.19. The number of nitrogens with zero attached hydrogens (tertiary/aromatic N) is 1. The minimum atomic E-state index is -0.247. The molecule has 1 aromatic carbocycles. The van der Waals surface area contributed by atoms with Gasteiger partial charge in [0.25, 0.3) is 0 Å². The number of rotatable bonds is 4. The molecule has 112 valence electrons. The Hall–Kier alpha value is -1.26. The molecule has 20 heavy (non-hydrogen) atoms. The molecule has 0 radical (unpaired) electrons. The van der Waals surface area contributed by atoms with Crippen LogP contribution in [0.4, 0.5) is 0 Å². The lowest BCUT2D eigenvalue weighted by molar-refractivity contribution is -0.0000836. The zero-order chi connectivity index (χ0) is 13.7. The molecule has 1 aliphatic heterocycles. The van der Waals surface area contributed by atoms with E-state index >= 15 is 0 Å². The summed E-state index contributed by atoms with van der Waals surface area (Å²) in [7, 11) is 2.05. The lowest BCUT2D eigenvalue weighted by Gasteiger charge is -2.29. The minimum Gasteiger partial charge on any atom is -1.00 e. The Balaban J connectivity index is 0.00000200. The van der Waals surface area contributed by atoms with Crippen molar-refractivity contribution in [3.8, 4) is 5.75 Å². The number of benzene rings is 1. The number of carbonyl (C=O) groups is 1. The molecular formula is C15H21ClNO3-. The lowest BCUT2D eigenvalue weighted by atomic mass is 10.1. The van der Waals surface area contributed by atoms with Gasteiger partial charge in [0, 0.05) is 6.54 Å². The van der Waals surface area contributed by atoms with Crippen LogP contribution in [0.5, 0.6) is 5.75 Å². The number of carbonyl (C=O) groups excluding carboxylic acids is 1. The topological polar surface area (TPSA) is 38.8 Å². The van der Waals surface area contributed by atoms with E-state index in [-0.39, 0.29) is 24.5 Å². The molecule has 1 fully saturated rings. The van der Waals surface area contributed by atoms with E-state index in [9.17, 15) is 4.79 Å². The molecule has 0 amide bonds. The Labute approximate surface area is 126 Å². The number of hydrogen-bond acceptors (Lipinski definition) is 4. The SMILES string of the molecule is CCOc1ccc(C(=O)OC2CCCN(C)C2)cc1.[Cl-]. The van der Waals surface area contributed by atoms with Gasteiger partial charge in [-0.15, -0.1) is 0 Å². The smallest absolute Gasteiger partial charge is 0.338 e. The van der Waals surface area contributed by atoms with Gasteiger partial charge in [-0.3, -0.25) is 0 Å². The third-order valence-corrected chi connectivity index (χ3v) is 3.26. The van der Waals surface area contributed by atoms with Crippen molar-refractivity contribution in [3.05, 3.63) is 29.8 Å². The Morgan fingerprint density at radius 3 is 2.65 bits per heavy atom. The summed E-state index contributed by atoms with van der Waals surface area (Å²) < 4.78 is 10.9. The predicted molar refractivity (Wildman–Crippen MR) is 73.5 cm³/mol. The number of piperidine rings is 1. The molecule has 0 N–H and O–H groups in total. The van der Waals surface area contributed by atoms with Gasteiger partial charge in [-0.05, 0) is 57.6 Å². The third kappa shape index (κ3) is 4.69. The predicted octanol–water partition coefficient (Wildman–Crippen LogP) is -0.660. The Morgan fingerprint density at radius 2 is 2.05 bits per heavy atom.